The van der Waals surface area contributed by atoms with Crippen molar-refractivity contribution in [2.45, 2.75) is 70.8 Å². The van der Waals surface area contributed by atoms with Crippen molar-refractivity contribution in [2.24, 2.45) is 5.41 Å². The molecule has 100 valence electrons. The van der Waals surface area contributed by atoms with Gasteiger partial charge in [-0.3, -0.25) is 4.90 Å². The van der Waals surface area contributed by atoms with Crippen LogP contribution in [0.4, 0.5) is 4.39 Å². The SMILES string of the molecule is COC(C)C1CCC2(C(C)(C)C)CC(F)CN12. The van der Waals surface area contributed by atoms with Gasteiger partial charge in [-0.1, -0.05) is 20.8 Å². The van der Waals surface area contributed by atoms with Crippen molar-refractivity contribution >= 4 is 0 Å². The maximum atomic E-state index is 13.9. The molecule has 0 saturated carbocycles. The Morgan fingerprint density at radius 2 is 2.06 bits per heavy atom. The maximum absolute atomic E-state index is 13.9. The molecule has 0 aliphatic carbocycles. The summed E-state index contributed by atoms with van der Waals surface area (Å²) in [4.78, 5) is 2.41. The molecular weight excluding hydrogens is 217 g/mol. The largest absolute Gasteiger partial charge is 0.380 e. The number of ether oxygens (including phenoxy) is 1. The Morgan fingerprint density at radius 1 is 1.41 bits per heavy atom. The smallest absolute Gasteiger partial charge is 0.115 e. The number of nitrogens with zero attached hydrogens (tertiary/aromatic N) is 1. The normalized spacial score (nSPS) is 40.6. The van der Waals surface area contributed by atoms with Crippen LogP contribution in [-0.2, 0) is 4.74 Å². The van der Waals surface area contributed by atoms with E-state index in [1.807, 2.05) is 0 Å². The summed E-state index contributed by atoms with van der Waals surface area (Å²) in [6.07, 6.45) is 2.48. The molecule has 2 nitrogen and oxygen atoms in total. The van der Waals surface area contributed by atoms with Crippen LogP contribution in [0.15, 0.2) is 0 Å². The minimum Gasteiger partial charge on any atom is -0.380 e. The first-order chi connectivity index (χ1) is 7.82. The summed E-state index contributed by atoms with van der Waals surface area (Å²) in [5, 5.41) is 0. The molecule has 0 aromatic carbocycles. The lowest BCUT2D eigenvalue weighted by Crippen LogP contribution is -2.53. The number of halogens is 1. The number of fused-ring (bicyclic) bond motifs is 1. The third kappa shape index (κ3) is 1.91. The first-order valence-electron chi connectivity index (χ1n) is 6.75. The van der Waals surface area contributed by atoms with Gasteiger partial charge in [-0.2, -0.15) is 0 Å². The lowest BCUT2D eigenvalue weighted by atomic mass is 9.71. The zero-order valence-electron chi connectivity index (χ0n) is 11.8. The summed E-state index contributed by atoms with van der Waals surface area (Å²) in [5.41, 5.74) is 0.180. The van der Waals surface area contributed by atoms with Crippen LogP contribution in [0.5, 0.6) is 0 Å². The second-order valence-electron chi connectivity index (χ2n) is 6.78. The summed E-state index contributed by atoms with van der Waals surface area (Å²) in [7, 11) is 1.75. The Balaban J connectivity index is 2.28. The molecule has 2 fully saturated rings. The minimum absolute atomic E-state index is 0.0455. The van der Waals surface area contributed by atoms with Crippen LogP contribution in [0.1, 0.15) is 47.0 Å². The molecule has 2 aliphatic heterocycles. The average Bonchev–Trinajstić information content (AvgIpc) is 2.71. The summed E-state index contributed by atoms with van der Waals surface area (Å²) in [6, 6.07) is 0.389. The molecule has 2 saturated heterocycles. The Bertz CT molecular complexity index is 288. The quantitative estimate of drug-likeness (QED) is 0.739. The number of hydrogen-bond acceptors (Lipinski definition) is 2. The fourth-order valence-corrected chi connectivity index (χ4v) is 3.93. The maximum Gasteiger partial charge on any atom is 0.115 e. The number of hydrogen-bond donors (Lipinski definition) is 0. The van der Waals surface area contributed by atoms with E-state index in [-0.39, 0.29) is 17.1 Å². The van der Waals surface area contributed by atoms with E-state index < -0.39 is 6.17 Å². The fraction of sp³-hybridized carbons (Fsp3) is 1.00. The van der Waals surface area contributed by atoms with Gasteiger partial charge in [0.05, 0.1) is 6.10 Å². The van der Waals surface area contributed by atoms with Gasteiger partial charge in [0, 0.05) is 25.2 Å². The molecule has 3 heteroatoms. The average molecular weight is 243 g/mol. The highest BCUT2D eigenvalue weighted by Crippen LogP contribution is 2.53. The van der Waals surface area contributed by atoms with Crippen LogP contribution >= 0.6 is 0 Å². The Morgan fingerprint density at radius 3 is 2.59 bits per heavy atom. The van der Waals surface area contributed by atoms with Crippen molar-refractivity contribution in [3.8, 4) is 0 Å². The van der Waals surface area contributed by atoms with E-state index in [1.54, 1.807) is 7.11 Å². The lowest BCUT2D eigenvalue weighted by molar-refractivity contribution is -0.0107. The van der Waals surface area contributed by atoms with Gasteiger partial charge in [0.1, 0.15) is 6.17 Å². The van der Waals surface area contributed by atoms with Crippen LogP contribution in [0.3, 0.4) is 0 Å². The van der Waals surface area contributed by atoms with E-state index in [0.29, 0.717) is 19.0 Å². The van der Waals surface area contributed by atoms with E-state index in [2.05, 4.69) is 32.6 Å². The molecule has 17 heavy (non-hydrogen) atoms. The summed E-state index contributed by atoms with van der Waals surface area (Å²) >= 11 is 0. The van der Waals surface area contributed by atoms with Crippen LogP contribution in [0.25, 0.3) is 0 Å². The third-order valence-electron chi connectivity index (χ3n) is 5.07. The monoisotopic (exact) mass is 243 g/mol. The van der Waals surface area contributed by atoms with E-state index in [0.717, 1.165) is 12.8 Å². The zero-order chi connectivity index (χ0) is 12.8. The predicted octanol–water partition coefficient (Wildman–Crippen LogP) is 3.01. The van der Waals surface area contributed by atoms with Crippen LogP contribution in [0, 0.1) is 5.41 Å². The molecule has 2 aliphatic rings. The lowest BCUT2D eigenvalue weighted by Gasteiger charge is -2.46. The van der Waals surface area contributed by atoms with Crippen molar-refractivity contribution in [1.82, 2.24) is 4.90 Å². The molecule has 4 unspecified atom stereocenters. The molecule has 2 heterocycles. The predicted molar refractivity (Wildman–Crippen MR) is 67.9 cm³/mol. The first kappa shape index (κ1) is 13.3. The van der Waals surface area contributed by atoms with Gasteiger partial charge in [-0.15, -0.1) is 0 Å². The molecule has 0 aromatic heterocycles. The minimum atomic E-state index is -0.666. The van der Waals surface area contributed by atoms with Gasteiger partial charge < -0.3 is 4.74 Å². The summed E-state index contributed by atoms with van der Waals surface area (Å²) in [5.74, 6) is 0. The Kier molecular flexibility index (Phi) is 3.28. The van der Waals surface area contributed by atoms with Crippen molar-refractivity contribution in [3.63, 3.8) is 0 Å². The highest BCUT2D eigenvalue weighted by molar-refractivity contribution is 5.13. The molecule has 2 rings (SSSR count). The van der Waals surface area contributed by atoms with E-state index in [9.17, 15) is 4.39 Å². The summed E-state index contributed by atoms with van der Waals surface area (Å²) < 4.78 is 19.3. The van der Waals surface area contributed by atoms with E-state index in [4.69, 9.17) is 4.74 Å². The zero-order valence-corrected chi connectivity index (χ0v) is 11.8. The van der Waals surface area contributed by atoms with Crippen molar-refractivity contribution in [1.29, 1.82) is 0 Å². The van der Waals surface area contributed by atoms with Crippen molar-refractivity contribution < 1.29 is 9.13 Å². The molecule has 0 bridgehead atoms. The van der Waals surface area contributed by atoms with Gasteiger partial charge in [-0.25, -0.2) is 4.39 Å². The van der Waals surface area contributed by atoms with Crippen molar-refractivity contribution in [2.75, 3.05) is 13.7 Å². The molecule has 0 spiro atoms. The van der Waals surface area contributed by atoms with E-state index in [1.165, 1.54) is 0 Å². The molecule has 0 amide bonds. The Labute approximate surface area is 105 Å². The molecule has 0 N–H and O–H groups in total. The first-order valence-corrected chi connectivity index (χ1v) is 6.75. The summed E-state index contributed by atoms with van der Waals surface area (Å²) in [6.45, 7) is 9.44. The second-order valence-corrected chi connectivity index (χ2v) is 6.78. The van der Waals surface area contributed by atoms with E-state index >= 15 is 0 Å². The molecule has 0 radical (unpaired) electrons. The van der Waals surface area contributed by atoms with Gasteiger partial charge in [0.15, 0.2) is 0 Å². The highest BCUT2D eigenvalue weighted by Gasteiger charge is 2.59. The number of rotatable bonds is 2. The topological polar surface area (TPSA) is 12.5 Å². The van der Waals surface area contributed by atoms with Gasteiger partial charge in [0.2, 0.25) is 0 Å². The Hall–Kier alpha value is -0.150. The van der Waals surface area contributed by atoms with Crippen molar-refractivity contribution in [3.05, 3.63) is 0 Å². The number of methoxy groups -OCH3 is 1. The van der Waals surface area contributed by atoms with Crippen LogP contribution < -0.4 is 0 Å². The number of alkyl halides is 1. The van der Waals surface area contributed by atoms with Crippen LogP contribution in [0.2, 0.25) is 0 Å². The third-order valence-corrected chi connectivity index (χ3v) is 5.07. The molecule has 4 atom stereocenters. The van der Waals surface area contributed by atoms with Crippen LogP contribution in [-0.4, -0.2) is 42.4 Å². The van der Waals surface area contributed by atoms with Gasteiger partial charge in [-0.05, 0) is 31.6 Å². The second kappa shape index (κ2) is 4.20. The molecule has 0 aromatic rings. The standard InChI is InChI=1S/C14H26FNO/c1-10(17-5)12-6-7-14(13(2,3)4)8-11(15)9-16(12)14/h10-12H,6-9H2,1-5H3. The highest BCUT2D eigenvalue weighted by atomic mass is 19.1. The van der Waals surface area contributed by atoms with Gasteiger partial charge >= 0.3 is 0 Å². The molecular formula is C14H26FNO. The van der Waals surface area contributed by atoms with Gasteiger partial charge in [0.25, 0.3) is 0 Å². The fourth-order valence-electron chi connectivity index (χ4n) is 3.93.